The van der Waals surface area contributed by atoms with Gasteiger partial charge in [-0.1, -0.05) is 0 Å². The quantitative estimate of drug-likeness (QED) is 0.626. The van der Waals surface area contributed by atoms with E-state index < -0.39 is 9.84 Å². The first-order chi connectivity index (χ1) is 6.61. The Labute approximate surface area is 81.1 Å². The largest absolute Gasteiger partial charge is 0.252 e. The maximum atomic E-state index is 11.2. The van der Waals surface area contributed by atoms with Crippen LogP contribution in [0.15, 0.2) is 6.33 Å². The number of hydrogen-bond donors (Lipinski definition) is 0. The van der Waals surface area contributed by atoms with Crippen molar-refractivity contribution in [2.24, 2.45) is 0 Å². The van der Waals surface area contributed by atoms with Crippen molar-refractivity contribution in [1.82, 2.24) is 14.8 Å². The van der Waals surface area contributed by atoms with E-state index in [-0.39, 0.29) is 23.4 Å². The molecule has 1 unspecified atom stereocenters. The van der Waals surface area contributed by atoms with Gasteiger partial charge in [0.15, 0.2) is 9.84 Å². The Morgan fingerprint density at radius 3 is 2.93 bits per heavy atom. The highest BCUT2D eigenvalue weighted by Gasteiger charge is 2.29. The highest BCUT2D eigenvalue weighted by molar-refractivity contribution is 7.91. The van der Waals surface area contributed by atoms with Crippen molar-refractivity contribution in [1.29, 1.82) is 5.26 Å². The molecule has 0 radical (unpaired) electrons. The summed E-state index contributed by atoms with van der Waals surface area (Å²) in [6.45, 7) is 0. The summed E-state index contributed by atoms with van der Waals surface area (Å²) in [6.07, 6.45) is 1.96. The SMILES string of the molecule is N#Cc1ncn(C2CCS(=O)(=O)C2)n1. The molecule has 74 valence electrons. The van der Waals surface area contributed by atoms with Gasteiger partial charge in [-0.05, 0) is 6.42 Å². The fraction of sp³-hybridized carbons (Fsp3) is 0.571. The molecule has 1 saturated heterocycles. The van der Waals surface area contributed by atoms with Gasteiger partial charge < -0.3 is 0 Å². The molecule has 0 bridgehead atoms. The van der Waals surface area contributed by atoms with E-state index in [2.05, 4.69) is 10.1 Å². The van der Waals surface area contributed by atoms with Crippen LogP contribution in [0.3, 0.4) is 0 Å². The Morgan fingerprint density at radius 2 is 2.43 bits per heavy atom. The highest BCUT2D eigenvalue weighted by Crippen LogP contribution is 2.22. The van der Waals surface area contributed by atoms with Gasteiger partial charge in [0.2, 0.25) is 0 Å². The summed E-state index contributed by atoms with van der Waals surface area (Å²) in [5.74, 6) is 0.370. The lowest BCUT2D eigenvalue weighted by molar-refractivity contribution is 0.497. The zero-order chi connectivity index (χ0) is 10.2. The molecule has 0 aliphatic carbocycles. The van der Waals surface area contributed by atoms with Gasteiger partial charge >= 0.3 is 0 Å². The zero-order valence-electron chi connectivity index (χ0n) is 7.29. The molecule has 0 amide bonds. The second kappa shape index (κ2) is 3.06. The first kappa shape index (κ1) is 9.15. The molecule has 2 heterocycles. The summed E-state index contributed by atoms with van der Waals surface area (Å²) in [5.41, 5.74) is 0. The van der Waals surface area contributed by atoms with Gasteiger partial charge in [0.05, 0.1) is 17.5 Å². The van der Waals surface area contributed by atoms with Crippen LogP contribution in [0.5, 0.6) is 0 Å². The zero-order valence-corrected chi connectivity index (χ0v) is 8.11. The van der Waals surface area contributed by atoms with Crippen molar-refractivity contribution in [3.8, 4) is 6.07 Å². The van der Waals surface area contributed by atoms with E-state index in [4.69, 9.17) is 5.26 Å². The van der Waals surface area contributed by atoms with Crippen molar-refractivity contribution in [3.05, 3.63) is 12.2 Å². The number of rotatable bonds is 1. The van der Waals surface area contributed by atoms with Crippen molar-refractivity contribution in [3.63, 3.8) is 0 Å². The number of nitrogens with zero attached hydrogens (tertiary/aromatic N) is 4. The molecule has 14 heavy (non-hydrogen) atoms. The molecule has 0 aromatic carbocycles. The predicted molar refractivity (Wildman–Crippen MR) is 47.0 cm³/mol. The van der Waals surface area contributed by atoms with Gasteiger partial charge in [0.25, 0.3) is 5.82 Å². The van der Waals surface area contributed by atoms with Gasteiger partial charge in [-0.15, -0.1) is 5.10 Å². The van der Waals surface area contributed by atoms with E-state index >= 15 is 0 Å². The summed E-state index contributed by atoms with van der Waals surface area (Å²) in [4.78, 5) is 3.72. The van der Waals surface area contributed by atoms with Crippen molar-refractivity contribution in [2.45, 2.75) is 12.5 Å². The molecular formula is C7H8N4O2S. The maximum Gasteiger partial charge on any atom is 0.252 e. The molecule has 0 saturated carbocycles. The smallest absolute Gasteiger partial charge is 0.247 e. The third kappa shape index (κ3) is 1.61. The minimum absolute atomic E-state index is 0.0781. The number of hydrogen-bond acceptors (Lipinski definition) is 5. The molecule has 0 N–H and O–H groups in total. The van der Waals surface area contributed by atoms with Crippen LogP contribution >= 0.6 is 0 Å². The topological polar surface area (TPSA) is 88.6 Å². The lowest BCUT2D eigenvalue weighted by atomic mass is 10.3. The molecule has 1 aromatic rings. The summed E-state index contributed by atoms with van der Waals surface area (Å²) < 4.78 is 23.8. The lowest BCUT2D eigenvalue weighted by Crippen LogP contribution is -2.11. The van der Waals surface area contributed by atoms with Crippen LogP contribution in [0, 0.1) is 11.3 Å². The predicted octanol–water partition coefficient (Wildman–Crippen LogP) is -0.491. The van der Waals surface area contributed by atoms with Crippen LogP contribution in [-0.2, 0) is 9.84 Å². The molecule has 2 rings (SSSR count). The van der Waals surface area contributed by atoms with E-state index in [1.165, 1.54) is 11.0 Å². The van der Waals surface area contributed by atoms with Crippen molar-refractivity contribution >= 4 is 9.84 Å². The second-order valence-electron chi connectivity index (χ2n) is 3.22. The summed E-state index contributed by atoms with van der Waals surface area (Å²) in [7, 11) is -2.91. The molecule has 0 spiro atoms. The summed E-state index contributed by atoms with van der Waals surface area (Å²) in [5, 5.41) is 12.3. The minimum Gasteiger partial charge on any atom is -0.247 e. The number of nitriles is 1. The Balaban J connectivity index is 2.22. The first-order valence-corrected chi connectivity index (χ1v) is 5.94. The maximum absolute atomic E-state index is 11.2. The standard InChI is InChI=1S/C7H8N4O2S/c8-3-7-9-5-11(10-7)6-1-2-14(12,13)4-6/h5-6H,1-2,4H2. The number of aromatic nitrogens is 3. The molecule has 1 aliphatic rings. The normalized spacial score (nSPS) is 24.6. The molecule has 7 heteroatoms. The lowest BCUT2D eigenvalue weighted by Gasteiger charge is -2.05. The van der Waals surface area contributed by atoms with Crippen LogP contribution in [-0.4, -0.2) is 34.7 Å². The second-order valence-corrected chi connectivity index (χ2v) is 5.45. The molecule has 1 aromatic heterocycles. The van der Waals surface area contributed by atoms with E-state index in [0.717, 1.165) is 0 Å². The molecular weight excluding hydrogens is 204 g/mol. The Morgan fingerprint density at radius 1 is 1.64 bits per heavy atom. The molecule has 6 nitrogen and oxygen atoms in total. The fourth-order valence-electron chi connectivity index (χ4n) is 1.49. The van der Waals surface area contributed by atoms with Crippen LogP contribution in [0.2, 0.25) is 0 Å². The Bertz CT molecular complexity index is 484. The van der Waals surface area contributed by atoms with Gasteiger partial charge in [-0.2, -0.15) is 5.26 Å². The summed E-state index contributed by atoms with van der Waals surface area (Å²) in [6, 6.07) is 1.64. The molecule has 1 fully saturated rings. The monoisotopic (exact) mass is 212 g/mol. The van der Waals surface area contributed by atoms with Crippen molar-refractivity contribution < 1.29 is 8.42 Å². The molecule has 1 aliphatic heterocycles. The van der Waals surface area contributed by atoms with E-state index in [0.29, 0.717) is 6.42 Å². The number of sulfone groups is 1. The van der Waals surface area contributed by atoms with E-state index in [1.807, 2.05) is 0 Å². The van der Waals surface area contributed by atoms with E-state index in [9.17, 15) is 8.42 Å². The minimum atomic E-state index is -2.91. The highest BCUT2D eigenvalue weighted by atomic mass is 32.2. The van der Waals surface area contributed by atoms with Crippen LogP contribution < -0.4 is 0 Å². The van der Waals surface area contributed by atoms with E-state index in [1.54, 1.807) is 6.07 Å². The first-order valence-electron chi connectivity index (χ1n) is 4.12. The van der Waals surface area contributed by atoms with Gasteiger partial charge in [0.1, 0.15) is 12.4 Å². The van der Waals surface area contributed by atoms with Crippen LogP contribution in [0.1, 0.15) is 18.3 Å². The summed E-state index contributed by atoms with van der Waals surface area (Å²) >= 11 is 0. The third-order valence-corrected chi connectivity index (χ3v) is 3.94. The molecule has 1 atom stereocenters. The average Bonchev–Trinajstić information content (AvgIpc) is 2.70. The fourth-order valence-corrected chi connectivity index (χ4v) is 3.19. The Kier molecular flexibility index (Phi) is 2.00. The third-order valence-electron chi connectivity index (χ3n) is 2.19. The van der Waals surface area contributed by atoms with Crippen molar-refractivity contribution in [2.75, 3.05) is 11.5 Å². The average molecular weight is 212 g/mol. The Hall–Kier alpha value is -1.42. The van der Waals surface area contributed by atoms with Crippen LogP contribution in [0.4, 0.5) is 0 Å². The van der Waals surface area contributed by atoms with Gasteiger partial charge in [0, 0.05) is 0 Å². The van der Waals surface area contributed by atoms with Gasteiger partial charge in [-0.3, -0.25) is 0 Å². The van der Waals surface area contributed by atoms with Gasteiger partial charge in [-0.25, -0.2) is 18.1 Å². The van der Waals surface area contributed by atoms with Crippen LogP contribution in [0.25, 0.3) is 0 Å².